The van der Waals surface area contributed by atoms with Gasteiger partial charge in [-0.3, -0.25) is 14.4 Å². The van der Waals surface area contributed by atoms with Gasteiger partial charge in [0.05, 0.1) is 6.61 Å². The molecule has 0 aliphatic carbocycles. The van der Waals surface area contributed by atoms with E-state index in [0.717, 1.165) is 116 Å². The Balaban J connectivity index is 2.65. The molecule has 12 nitrogen and oxygen atoms in total. The zero-order valence-electron chi connectivity index (χ0n) is 51.8. The van der Waals surface area contributed by atoms with Crippen molar-refractivity contribution in [3.8, 4) is 0 Å². The summed E-state index contributed by atoms with van der Waals surface area (Å²) in [5.74, 6) is -3.13. The number of aliphatic hydroxyl groups excluding tert-OH is 2. The molecule has 0 aromatic carbocycles. The second-order valence-electron chi connectivity index (χ2n) is 22.7. The summed E-state index contributed by atoms with van der Waals surface area (Å²) < 4.78 is 28.5. The Bertz CT molecular complexity index is 1640. The number of carbonyl (C=O) groups excluding carboxylic acids is 3. The molecule has 468 valence electrons. The first kappa shape index (κ1) is 75.4. The first-order chi connectivity index (χ1) is 39.6. The average molecular weight is 1140 g/mol. The molecule has 6 atom stereocenters. The Hall–Kier alpha value is -3.58. The van der Waals surface area contributed by atoms with Gasteiger partial charge in [0.25, 0.3) is 0 Å². The van der Waals surface area contributed by atoms with E-state index in [0.29, 0.717) is 19.3 Å². The second-order valence-corrected chi connectivity index (χ2v) is 22.7. The molecule has 0 amide bonds. The van der Waals surface area contributed by atoms with Gasteiger partial charge >= 0.3 is 23.9 Å². The van der Waals surface area contributed by atoms with Crippen LogP contribution in [0, 0.1) is 0 Å². The van der Waals surface area contributed by atoms with Gasteiger partial charge in [-0.15, -0.1) is 0 Å². The van der Waals surface area contributed by atoms with Gasteiger partial charge in [0.1, 0.15) is 18.8 Å². The van der Waals surface area contributed by atoms with Crippen LogP contribution in [0.3, 0.4) is 0 Å². The molecule has 12 heteroatoms. The number of rotatable bonds is 57. The first-order valence-electron chi connectivity index (χ1n) is 33.3. The zero-order chi connectivity index (χ0) is 58.9. The highest BCUT2D eigenvalue weighted by atomic mass is 16.7. The molecule has 6 unspecified atom stereocenters. The molecule has 0 saturated carbocycles. The lowest BCUT2D eigenvalue weighted by Crippen LogP contribution is -2.61. The van der Waals surface area contributed by atoms with Crippen LogP contribution in [0.2, 0.25) is 0 Å². The molecule has 0 spiro atoms. The van der Waals surface area contributed by atoms with Gasteiger partial charge in [0.15, 0.2) is 24.6 Å². The highest BCUT2D eigenvalue weighted by molar-refractivity contribution is 5.74. The summed E-state index contributed by atoms with van der Waals surface area (Å²) in [6, 6.07) is 0. The van der Waals surface area contributed by atoms with Crippen molar-refractivity contribution in [3.05, 3.63) is 60.8 Å². The molecule has 0 bridgehead atoms. The fourth-order valence-electron chi connectivity index (χ4n) is 10.0. The molecule has 1 heterocycles. The van der Waals surface area contributed by atoms with E-state index in [4.69, 9.17) is 23.7 Å². The molecular weight excluding hydrogens is 1020 g/mol. The Morgan fingerprint density at radius 3 is 1.21 bits per heavy atom. The molecule has 81 heavy (non-hydrogen) atoms. The summed E-state index contributed by atoms with van der Waals surface area (Å²) in [4.78, 5) is 51.4. The van der Waals surface area contributed by atoms with E-state index in [1.807, 2.05) is 0 Å². The molecule has 1 aliphatic rings. The average Bonchev–Trinajstić information content (AvgIpc) is 3.53. The number of esters is 3. The number of unbranched alkanes of at least 4 members (excludes halogenated alkanes) is 33. The van der Waals surface area contributed by atoms with E-state index >= 15 is 0 Å². The van der Waals surface area contributed by atoms with Crippen LogP contribution in [-0.4, -0.2) is 89.2 Å². The number of ether oxygens (including phenoxy) is 5. The normalized spacial score (nSPS) is 18.1. The van der Waals surface area contributed by atoms with Gasteiger partial charge in [-0.2, -0.15) is 0 Å². The lowest BCUT2D eigenvalue weighted by molar-refractivity contribution is -0.301. The minimum Gasteiger partial charge on any atom is -0.479 e. The molecule has 3 N–H and O–H groups in total. The molecule has 0 radical (unpaired) electrons. The highest BCUT2D eigenvalue weighted by Crippen LogP contribution is 2.27. The van der Waals surface area contributed by atoms with E-state index in [2.05, 4.69) is 81.5 Å². The number of carbonyl (C=O) groups is 4. The molecule has 1 saturated heterocycles. The molecular formula is C69H120O12. The summed E-state index contributed by atoms with van der Waals surface area (Å²) in [5, 5.41) is 31.6. The molecule has 0 aromatic heterocycles. The first-order valence-corrected chi connectivity index (χ1v) is 33.3. The van der Waals surface area contributed by atoms with Crippen molar-refractivity contribution in [2.24, 2.45) is 0 Å². The van der Waals surface area contributed by atoms with Crippen LogP contribution in [0.15, 0.2) is 60.8 Å². The Kier molecular flexibility index (Phi) is 53.0. The maximum absolute atomic E-state index is 13.2. The van der Waals surface area contributed by atoms with Crippen molar-refractivity contribution in [2.75, 3.05) is 13.2 Å². The number of aliphatic hydroxyl groups is 2. The van der Waals surface area contributed by atoms with E-state index in [-0.39, 0.29) is 25.9 Å². The van der Waals surface area contributed by atoms with Crippen LogP contribution in [0.25, 0.3) is 0 Å². The predicted octanol–water partition coefficient (Wildman–Crippen LogP) is 17.9. The lowest BCUT2D eigenvalue weighted by atomic mass is 9.98. The third-order valence-corrected chi connectivity index (χ3v) is 15.1. The Morgan fingerprint density at radius 1 is 0.420 bits per heavy atom. The second kappa shape index (κ2) is 56.9. The van der Waals surface area contributed by atoms with Crippen LogP contribution >= 0.6 is 0 Å². The summed E-state index contributed by atoms with van der Waals surface area (Å²) in [6.07, 6.45) is 58.9. The summed E-state index contributed by atoms with van der Waals surface area (Å²) in [7, 11) is 0. The van der Waals surface area contributed by atoms with Crippen LogP contribution in [0.5, 0.6) is 0 Å². The number of carboxylic acids is 1. The lowest BCUT2D eigenvalue weighted by Gasteiger charge is -2.40. The topological polar surface area (TPSA) is 175 Å². The van der Waals surface area contributed by atoms with Crippen molar-refractivity contribution in [1.82, 2.24) is 0 Å². The standard InChI is InChI=1S/C69H120O12/c1-4-7-10-13-16-19-22-25-28-30-31-33-35-37-40-43-46-49-52-55-61(70)77-58-60(79-62(71)56-53-50-47-44-41-39-36-32-29-26-23-20-17-14-11-8-5-2)59-78-69-67(65(74)64(73)66(81-69)68(75)76)80-63(72)57-54-51-48-45-42-38-34-27-24-21-18-15-12-9-6-3/h9,12,17-18,20-21,26-27,29,34,60,64-67,69,73-74H,4-8,10-11,13-16,19,22-25,28,30-33,35-59H2,1-3H3,(H,75,76)/b12-9-,20-17-,21-18-,29-26-,34-27-. The van der Waals surface area contributed by atoms with Crippen LogP contribution < -0.4 is 0 Å². The summed E-state index contributed by atoms with van der Waals surface area (Å²) in [6.45, 7) is 5.89. The minimum absolute atomic E-state index is 0.0406. The van der Waals surface area contributed by atoms with Crippen molar-refractivity contribution >= 4 is 23.9 Å². The molecule has 1 aliphatic heterocycles. The van der Waals surface area contributed by atoms with Gasteiger partial charge in [-0.25, -0.2) is 4.79 Å². The number of hydrogen-bond acceptors (Lipinski definition) is 11. The van der Waals surface area contributed by atoms with Crippen molar-refractivity contribution in [1.29, 1.82) is 0 Å². The quantitative estimate of drug-likeness (QED) is 0.0228. The fourth-order valence-corrected chi connectivity index (χ4v) is 10.0. The molecule has 0 aromatic rings. The smallest absolute Gasteiger partial charge is 0.335 e. The van der Waals surface area contributed by atoms with E-state index in [1.54, 1.807) is 0 Å². The summed E-state index contributed by atoms with van der Waals surface area (Å²) in [5.41, 5.74) is 0. The Labute approximate surface area is 494 Å². The Morgan fingerprint density at radius 2 is 0.778 bits per heavy atom. The molecule has 1 fully saturated rings. The third-order valence-electron chi connectivity index (χ3n) is 15.1. The zero-order valence-corrected chi connectivity index (χ0v) is 51.8. The largest absolute Gasteiger partial charge is 0.479 e. The monoisotopic (exact) mass is 1140 g/mol. The van der Waals surface area contributed by atoms with Crippen molar-refractivity contribution < 1.29 is 58.2 Å². The number of allylic oxidation sites excluding steroid dienone is 10. The fraction of sp³-hybridized carbons (Fsp3) is 0.797. The van der Waals surface area contributed by atoms with Gasteiger partial charge in [0, 0.05) is 19.3 Å². The maximum Gasteiger partial charge on any atom is 0.335 e. The van der Waals surface area contributed by atoms with E-state index < -0.39 is 67.3 Å². The van der Waals surface area contributed by atoms with Gasteiger partial charge in [0.2, 0.25) is 0 Å². The van der Waals surface area contributed by atoms with E-state index in [1.165, 1.54) is 128 Å². The van der Waals surface area contributed by atoms with Gasteiger partial charge in [-0.1, -0.05) is 261 Å². The van der Waals surface area contributed by atoms with Crippen molar-refractivity contribution in [2.45, 2.75) is 340 Å². The predicted molar refractivity (Wildman–Crippen MR) is 331 cm³/mol. The van der Waals surface area contributed by atoms with Crippen LogP contribution in [0.4, 0.5) is 0 Å². The minimum atomic E-state index is -1.91. The number of hydrogen-bond donors (Lipinski definition) is 3. The SMILES string of the molecule is CC/C=C\C/C=C\C/C=C\CCCCCCCC(=O)OC1C(OCC(COC(=O)CCCCCCCCCCCCCCCCCCCCC)OC(=O)CCCCCCCCC/C=C\C/C=C\CCCCC)OC(C(=O)O)C(O)C1O. The van der Waals surface area contributed by atoms with E-state index in [9.17, 15) is 34.5 Å². The third kappa shape index (κ3) is 46.5. The number of carboxylic acid groups (broad SMARTS) is 1. The van der Waals surface area contributed by atoms with Crippen molar-refractivity contribution in [3.63, 3.8) is 0 Å². The van der Waals surface area contributed by atoms with Crippen LogP contribution in [0.1, 0.15) is 303 Å². The molecule has 1 rings (SSSR count). The summed E-state index contributed by atoms with van der Waals surface area (Å²) >= 11 is 0. The number of aliphatic carboxylic acids is 1. The van der Waals surface area contributed by atoms with Gasteiger partial charge in [-0.05, 0) is 83.5 Å². The maximum atomic E-state index is 13.2. The van der Waals surface area contributed by atoms with Gasteiger partial charge < -0.3 is 39.0 Å². The van der Waals surface area contributed by atoms with Crippen LogP contribution in [-0.2, 0) is 42.9 Å². The highest BCUT2D eigenvalue weighted by Gasteiger charge is 2.50.